The van der Waals surface area contributed by atoms with E-state index in [2.05, 4.69) is 22.4 Å². The van der Waals surface area contributed by atoms with E-state index in [-0.39, 0.29) is 12.5 Å². The standard InChI is InChI=1S/C15H25N5O/c1-10-6-14(16)20(18-10)9-15(21)17-11-7-12-4-3-5-13(8-11)19(12)2/h6,11-13H,3-5,7-9,16H2,1-2H3,(H,17,21)/t11?,12-,13+. The Labute approximate surface area is 125 Å². The van der Waals surface area contributed by atoms with E-state index >= 15 is 0 Å². The molecule has 0 saturated carbocycles. The fourth-order valence-corrected chi connectivity index (χ4v) is 3.84. The first-order valence-electron chi connectivity index (χ1n) is 7.84. The van der Waals surface area contributed by atoms with Crippen molar-refractivity contribution in [3.63, 3.8) is 0 Å². The number of nitrogens with zero attached hydrogens (tertiary/aromatic N) is 3. The van der Waals surface area contributed by atoms with E-state index in [1.54, 1.807) is 10.7 Å². The van der Waals surface area contributed by atoms with Crippen LogP contribution in [0.4, 0.5) is 5.82 Å². The van der Waals surface area contributed by atoms with Crippen molar-refractivity contribution >= 4 is 11.7 Å². The van der Waals surface area contributed by atoms with Gasteiger partial charge >= 0.3 is 0 Å². The Morgan fingerprint density at radius 3 is 2.67 bits per heavy atom. The van der Waals surface area contributed by atoms with Gasteiger partial charge in [0.2, 0.25) is 5.91 Å². The molecule has 0 aliphatic carbocycles. The lowest BCUT2D eigenvalue weighted by molar-refractivity contribution is -0.123. The molecule has 2 aliphatic rings. The number of piperidine rings is 2. The zero-order valence-corrected chi connectivity index (χ0v) is 12.9. The molecule has 2 aliphatic heterocycles. The van der Waals surface area contributed by atoms with Crippen LogP contribution in [0.15, 0.2) is 6.07 Å². The Balaban J connectivity index is 1.57. The van der Waals surface area contributed by atoms with Gasteiger partial charge in [0.15, 0.2) is 0 Å². The summed E-state index contributed by atoms with van der Waals surface area (Å²) in [5, 5.41) is 7.41. The fraction of sp³-hybridized carbons (Fsp3) is 0.733. The molecule has 2 bridgehead atoms. The van der Waals surface area contributed by atoms with Crippen LogP contribution in [0.25, 0.3) is 0 Å². The van der Waals surface area contributed by atoms with Gasteiger partial charge in [0, 0.05) is 24.2 Å². The number of fused-ring (bicyclic) bond motifs is 2. The first kappa shape index (κ1) is 14.4. The summed E-state index contributed by atoms with van der Waals surface area (Å²) >= 11 is 0. The molecule has 2 fully saturated rings. The van der Waals surface area contributed by atoms with Crippen molar-refractivity contribution in [1.82, 2.24) is 20.0 Å². The molecular weight excluding hydrogens is 266 g/mol. The number of carbonyl (C=O) groups excluding carboxylic acids is 1. The van der Waals surface area contributed by atoms with Crippen LogP contribution in [-0.4, -0.2) is 45.8 Å². The number of nitrogen functional groups attached to an aromatic ring is 1. The number of amides is 1. The number of hydrogen-bond donors (Lipinski definition) is 2. The Bertz CT molecular complexity index is 512. The van der Waals surface area contributed by atoms with E-state index in [4.69, 9.17) is 5.73 Å². The monoisotopic (exact) mass is 291 g/mol. The molecule has 2 saturated heterocycles. The van der Waals surface area contributed by atoms with Crippen LogP contribution in [-0.2, 0) is 11.3 Å². The summed E-state index contributed by atoms with van der Waals surface area (Å²) in [7, 11) is 2.22. The summed E-state index contributed by atoms with van der Waals surface area (Å²) in [5.41, 5.74) is 6.67. The zero-order valence-electron chi connectivity index (χ0n) is 12.9. The Kier molecular flexibility index (Phi) is 3.89. The number of anilines is 1. The van der Waals surface area contributed by atoms with Crippen molar-refractivity contribution in [3.8, 4) is 0 Å². The van der Waals surface area contributed by atoms with E-state index in [0.717, 1.165) is 18.5 Å². The predicted molar refractivity (Wildman–Crippen MR) is 81.7 cm³/mol. The number of hydrogen-bond acceptors (Lipinski definition) is 4. The SMILES string of the molecule is Cc1cc(N)n(CC(=O)NC2C[C@H]3CCC[C@@H](C2)N3C)n1. The van der Waals surface area contributed by atoms with Crippen LogP contribution in [0.2, 0.25) is 0 Å². The average molecular weight is 291 g/mol. The maximum atomic E-state index is 12.2. The zero-order chi connectivity index (χ0) is 15.0. The van der Waals surface area contributed by atoms with Gasteiger partial charge < -0.3 is 16.0 Å². The molecule has 3 atom stereocenters. The molecule has 1 unspecified atom stereocenters. The summed E-state index contributed by atoms with van der Waals surface area (Å²) < 4.78 is 1.57. The first-order valence-corrected chi connectivity index (χ1v) is 7.84. The normalized spacial score (nSPS) is 29.3. The lowest BCUT2D eigenvalue weighted by atomic mass is 9.82. The van der Waals surface area contributed by atoms with Gasteiger partial charge in [0.1, 0.15) is 12.4 Å². The van der Waals surface area contributed by atoms with E-state index in [0.29, 0.717) is 23.9 Å². The third-order valence-corrected chi connectivity index (χ3v) is 4.93. The largest absolute Gasteiger partial charge is 0.384 e. The van der Waals surface area contributed by atoms with Crippen LogP contribution in [0.5, 0.6) is 0 Å². The molecule has 1 amide bonds. The number of aryl methyl sites for hydroxylation is 1. The van der Waals surface area contributed by atoms with Crippen LogP contribution in [0.3, 0.4) is 0 Å². The highest BCUT2D eigenvalue weighted by molar-refractivity contribution is 5.76. The maximum absolute atomic E-state index is 12.2. The van der Waals surface area contributed by atoms with Crippen LogP contribution in [0, 0.1) is 6.92 Å². The molecule has 21 heavy (non-hydrogen) atoms. The minimum atomic E-state index is 0.0115. The van der Waals surface area contributed by atoms with Crippen molar-refractivity contribution in [3.05, 3.63) is 11.8 Å². The fourth-order valence-electron chi connectivity index (χ4n) is 3.84. The summed E-state index contributed by atoms with van der Waals surface area (Å²) in [6.07, 6.45) is 5.96. The first-order chi connectivity index (χ1) is 10.0. The molecule has 0 aromatic carbocycles. The van der Waals surface area contributed by atoms with Gasteiger partial charge in [-0.3, -0.25) is 4.79 Å². The molecule has 116 valence electrons. The predicted octanol–water partition coefficient (Wildman–Crippen LogP) is 0.905. The molecule has 3 N–H and O–H groups in total. The summed E-state index contributed by atoms with van der Waals surface area (Å²) in [4.78, 5) is 14.7. The molecule has 1 aromatic rings. The lowest BCUT2D eigenvalue weighted by Gasteiger charge is -2.47. The van der Waals surface area contributed by atoms with Gasteiger partial charge in [-0.2, -0.15) is 5.10 Å². The van der Waals surface area contributed by atoms with Crippen LogP contribution < -0.4 is 11.1 Å². The maximum Gasteiger partial charge on any atom is 0.242 e. The Morgan fingerprint density at radius 2 is 2.10 bits per heavy atom. The van der Waals surface area contributed by atoms with Crippen LogP contribution >= 0.6 is 0 Å². The lowest BCUT2D eigenvalue weighted by Crippen LogP contribution is -2.55. The third kappa shape index (κ3) is 3.05. The second kappa shape index (κ2) is 5.67. The van der Waals surface area contributed by atoms with Crippen molar-refractivity contribution in [2.45, 2.75) is 63.7 Å². The summed E-state index contributed by atoms with van der Waals surface area (Å²) in [5.74, 6) is 0.556. The van der Waals surface area contributed by atoms with E-state index in [1.807, 2.05) is 6.92 Å². The number of rotatable bonds is 3. The van der Waals surface area contributed by atoms with E-state index in [9.17, 15) is 4.79 Å². The minimum Gasteiger partial charge on any atom is -0.384 e. The number of carbonyl (C=O) groups is 1. The quantitative estimate of drug-likeness (QED) is 0.868. The van der Waals surface area contributed by atoms with Gasteiger partial charge in [-0.05, 0) is 39.7 Å². The van der Waals surface area contributed by atoms with Gasteiger partial charge in [0.05, 0.1) is 5.69 Å². The Morgan fingerprint density at radius 1 is 1.43 bits per heavy atom. The van der Waals surface area contributed by atoms with Crippen molar-refractivity contribution in [2.75, 3.05) is 12.8 Å². The topological polar surface area (TPSA) is 76.2 Å². The Hall–Kier alpha value is -1.56. The number of nitrogens with two attached hydrogens (primary N) is 1. The highest BCUT2D eigenvalue weighted by atomic mass is 16.2. The van der Waals surface area contributed by atoms with Crippen molar-refractivity contribution < 1.29 is 4.79 Å². The molecular formula is C15H25N5O. The van der Waals surface area contributed by atoms with E-state index < -0.39 is 0 Å². The molecule has 1 aromatic heterocycles. The minimum absolute atomic E-state index is 0.0115. The molecule has 6 heteroatoms. The molecule has 0 radical (unpaired) electrons. The van der Waals surface area contributed by atoms with Crippen molar-refractivity contribution in [1.29, 1.82) is 0 Å². The third-order valence-electron chi connectivity index (χ3n) is 4.93. The highest BCUT2D eigenvalue weighted by Gasteiger charge is 2.36. The average Bonchev–Trinajstić information content (AvgIpc) is 2.69. The number of nitrogens with one attached hydrogen (secondary N) is 1. The smallest absolute Gasteiger partial charge is 0.242 e. The number of aromatic nitrogens is 2. The molecule has 3 heterocycles. The van der Waals surface area contributed by atoms with Crippen LogP contribution in [0.1, 0.15) is 37.8 Å². The summed E-state index contributed by atoms with van der Waals surface area (Å²) in [6.45, 7) is 2.09. The van der Waals surface area contributed by atoms with E-state index in [1.165, 1.54) is 19.3 Å². The second-order valence-corrected chi connectivity index (χ2v) is 6.51. The van der Waals surface area contributed by atoms with Gasteiger partial charge in [-0.25, -0.2) is 4.68 Å². The molecule has 6 nitrogen and oxygen atoms in total. The highest BCUT2D eigenvalue weighted by Crippen LogP contribution is 2.32. The summed E-state index contributed by atoms with van der Waals surface area (Å²) in [6, 6.07) is 3.33. The second-order valence-electron chi connectivity index (χ2n) is 6.51. The van der Waals surface area contributed by atoms with Gasteiger partial charge in [-0.1, -0.05) is 6.42 Å². The molecule has 3 rings (SSSR count). The van der Waals surface area contributed by atoms with Gasteiger partial charge in [-0.15, -0.1) is 0 Å². The van der Waals surface area contributed by atoms with Crippen molar-refractivity contribution in [2.24, 2.45) is 0 Å². The molecule has 0 spiro atoms. The van der Waals surface area contributed by atoms with Gasteiger partial charge in [0.25, 0.3) is 0 Å².